The molecule has 0 saturated carbocycles. The van der Waals surface area contributed by atoms with Crippen molar-refractivity contribution in [1.29, 1.82) is 0 Å². The summed E-state index contributed by atoms with van der Waals surface area (Å²) in [6.45, 7) is 2.15. The minimum Gasteiger partial charge on any atom is -0.394 e. The Morgan fingerprint density at radius 2 is 2.21 bits per heavy atom. The topological polar surface area (TPSA) is 97.2 Å². The Bertz CT molecular complexity index is 553. The van der Waals surface area contributed by atoms with Gasteiger partial charge in [0.15, 0.2) is 0 Å². The van der Waals surface area contributed by atoms with Gasteiger partial charge < -0.3 is 15.9 Å². The maximum Gasteiger partial charge on any atom is 0.104 e. The number of aromatic nitrogens is 3. The molecule has 0 fully saturated rings. The molecule has 0 saturated heterocycles. The number of rotatable bonds is 5. The number of hydrogen-bond acceptors (Lipinski definition) is 5. The molecular weight excluding hydrogens is 244 g/mol. The first-order valence-corrected chi connectivity index (χ1v) is 6.14. The van der Waals surface area contributed by atoms with Gasteiger partial charge in [0.1, 0.15) is 5.69 Å². The third kappa shape index (κ3) is 2.98. The summed E-state index contributed by atoms with van der Waals surface area (Å²) in [5.74, 6) is 0. The molecule has 0 radical (unpaired) electrons. The molecule has 0 aliphatic carbocycles. The second-order valence-electron chi connectivity index (χ2n) is 4.48. The van der Waals surface area contributed by atoms with Crippen LogP contribution in [0.3, 0.4) is 0 Å². The number of aliphatic hydroxyl groups is 2. The van der Waals surface area contributed by atoms with Gasteiger partial charge in [-0.05, 0) is 13.0 Å². The van der Waals surface area contributed by atoms with Gasteiger partial charge in [0.05, 0.1) is 24.9 Å². The Labute approximate surface area is 111 Å². The second-order valence-corrected chi connectivity index (χ2v) is 4.48. The Hall–Kier alpha value is -1.76. The highest BCUT2D eigenvalue weighted by molar-refractivity contribution is 5.62. The molecule has 0 aliphatic rings. The minimum atomic E-state index is -0.865. The van der Waals surface area contributed by atoms with Crippen LogP contribution in [0.15, 0.2) is 24.3 Å². The first-order valence-electron chi connectivity index (χ1n) is 6.14. The predicted molar refractivity (Wildman–Crippen MR) is 71.2 cm³/mol. The van der Waals surface area contributed by atoms with Crippen molar-refractivity contribution in [2.45, 2.75) is 26.1 Å². The molecule has 2 rings (SSSR count). The van der Waals surface area contributed by atoms with Crippen LogP contribution in [0.25, 0.3) is 11.3 Å². The zero-order chi connectivity index (χ0) is 13.8. The Morgan fingerprint density at radius 3 is 2.84 bits per heavy atom. The van der Waals surface area contributed by atoms with E-state index >= 15 is 0 Å². The first-order chi connectivity index (χ1) is 9.15. The highest BCUT2D eigenvalue weighted by atomic mass is 16.3. The lowest BCUT2D eigenvalue weighted by Crippen LogP contribution is -2.21. The van der Waals surface area contributed by atoms with Gasteiger partial charge in [-0.25, -0.2) is 4.68 Å². The summed E-state index contributed by atoms with van der Waals surface area (Å²) in [4.78, 5) is 0. The average molecular weight is 262 g/mol. The zero-order valence-corrected chi connectivity index (χ0v) is 10.8. The third-order valence-corrected chi connectivity index (χ3v) is 2.88. The maximum absolute atomic E-state index is 9.55. The van der Waals surface area contributed by atoms with Crippen molar-refractivity contribution >= 4 is 0 Å². The van der Waals surface area contributed by atoms with Crippen LogP contribution in [0.1, 0.15) is 11.3 Å². The van der Waals surface area contributed by atoms with Crippen LogP contribution < -0.4 is 5.73 Å². The third-order valence-electron chi connectivity index (χ3n) is 2.88. The molecule has 1 atom stereocenters. The van der Waals surface area contributed by atoms with Gasteiger partial charge in [0.2, 0.25) is 0 Å². The van der Waals surface area contributed by atoms with Gasteiger partial charge in [0.25, 0.3) is 0 Å². The fourth-order valence-corrected chi connectivity index (χ4v) is 1.98. The van der Waals surface area contributed by atoms with E-state index in [1.165, 1.54) is 0 Å². The molecule has 1 aromatic heterocycles. The standard InChI is InChI=1S/C13H18N4O2/c1-9-3-2-4-10(5-9)13-12(6-14)15-16-17(13)7-11(19)8-18/h2-5,11,18-19H,6-8,14H2,1H3. The highest BCUT2D eigenvalue weighted by Crippen LogP contribution is 2.23. The number of nitrogens with two attached hydrogens (primary N) is 1. The summed E-state index contributed by atoms with van der Waals surface area (Å²) in [5.41, 5.74) is 9.22. The molecule has 6 heteroatoms. The van der Waals surface area contributed by atoms with Gasteiger partial charge in [-0.15, -0.1) is 5.10 Å². The molecule has 1 heterocycles. The lowest BCUT2D eigenvalue weighted by molar-refractivity contribution is 0.0782. The number of aryl methyl sites for hydroxylation is 1. The Morgan fingerprint density at radius 1 is 1.42 bits per heavy atom. The molecule has 19 heavy (non-hydrogen) atoms. The van der Waals surface area contributed by atoms with Crippen LogP contribution in [0.5, 0.6) is 0 Å². The van der Waals surface area contributed by atoms with E-state index in [0.717, 1.165) is 16.8 Å². The molecular formula is C13H18N4O2. The van der Waals surface area contributed by atoms with Crippen LogP contribution in [-0.2, 0) is 13.1 Å². The van der Waals surface area contributed by atoms with Gasteiger partial charge in [-0.3, -0.25) is 0 Å². The van der Waals surface area contributed by atoms with Crippen molar-refractivity contribution in [2.24, 2.45) is 5.73 Å². The van der Waals surface area contributed by atoms with Crippen molar-refractivity contribution in [3.63, 3.8) is 0 Å². The number of nitrogens with zero attached hydrogens (tertiary/aromatic N) is 3. The van der Waals surface area contributed by atoms with E-state index in [4.69, 9.17) is 10.8 Å². The quantitative estimate of drug-likeness (QED) is 0.708. The van der Waals surface area contributed by atoms with Crippen molar-refractivity contribution in [3.05, 3.63) is 35.5 Å². The summed E-state index contributed by atoms with van der Waals surface area (Å²) in [6.07, 6.45) is -0.865. The van der Waals surface area contributed by atoms with Crippen LogP contribution in [0.4, 0.5) is 0 Å². The SMILES string of the molecule is Cc1cccc(-c2c(CN)nnn2CC(O)CO)c1. The number of benzene rings is 1. The number of hydrogen-bond donors (Lipinski definition) is 3. The average Bonchev–Trinajstić information content (AvgIpc) is 2.81. The first kappa shape index (κ1) is 13.7. The van der Waals surface area contributed by atoms with Crippen LogP contribution >= 0.6 is 0 Å². The largest absolute Gasteiger partial charge is 0.394 e. The fourth-order valence-electron chi connectivity index (χ4n) is 1.98. The molecule has 1 unspecified atom stereocenters. The van der Waals surface area contributed by atoms with E-state index in [2.05, 4.69) is 10.3 Å². The van der Waals surface area contributed by atoms with E-state index in [9.17, 15) is 5.11 Å². The molecule has 4 N–H and O–H groups in total. The smallest absolute Gasteiger partial charge is 0.104 e. The van der Waals surface area contributed by atoms with Gasteiger partial charge in [-0.2, -0.15) is 0 Å². The normalized spacial score (nSPS) is 12.6. The monoisotopic (exact) mass is 262 g/mol. The van der Waals surface area contributed by atoms with Crippen LogP contribution in [0.2, 0.25) is 0 Å². The Balaban J connectivity index is 2.44. The van der Waals surface area contributed by atoms with Crippen molar-refractivity contribution in [1.82, 2.24) is 15.0 Å². The fraction of sp³-hybridized carbons (Fsp3) is 0.385. The summed E-state index contributed by atoms with van der Waals surface area (Å²) < 4.78 is 1.58. The lowest BCUT2D eigenvalue weighted by Gasteiger charge is -2.11. The molecule has 0 amide bonds. The predicted octanol–water partition coefficient (Wildman–Crippen LogP) is 0.0654. The van der Waals surface area contributed by atoms with Crippen LogP contribution in [-0.4, -0.2) is 37.9 Å². The molecule has 0 spiro atoms. The molecule has 2 aromatic rings. The van der Waals surface area contributed by atoms with E-state index in [-0.39, 0.29) is 19.7 Å². The van der Waals surface area contributed by atoms with Gasteiger partial charge in [-0.1, -0.05) is 29.0 Å². The van der Waals surface area contributed by atoms with E-state index in [0.29, 0.717) is 5.69 Å². The van der Waals surface area contributed by atoms with Crippen LogP contribution in [0, 0.1) is 6.92 Å². The molecule has 0 bridgehead atoms. The summed E-state index contributed by atoms with van der Waals surface area (Å²) in [7, 11) is 0. The molecule has 1 aromatic carbocycles. The zero-order valence-electron chi connectivity index (χ0n) is 10.8. The van der Waals surface area contributed by atoms with Crippen molar-refractivity contribution < 1.29 is 10.2 Å². The van der Waals surface area contributed by atoms with Crippen molar-refractivity contribution in [3.8, 4) is 11.3 Å². The van der Waals surface area contributed by atoms with Crippen molar-refractivity contribution in [2.75, 3.05) is 6.61 Å². The molecule has 102 valence electrons. The minimum absolute atomic E-state index is 0.187. The van der Waals surface area contributed by atoms with E-state index in [1.54, 1.807) is 4.68 Å². The lowest BCUT2D eigenvalue weighted by atomic mass is 10.1. The Kier molecular flexibility index (Phi) is 4.26. The summed E-state index contributed by atoms with van der Waals surface area (Å²) >= 11 is 0. The van der Waals surface area contributed by atoms with Gasteiger partial charge >= 0.3 is 0 Å². The van der Waals surface area contributed by atoms with Gasteiger partial charge in [0, 0.05) is 12.1 Å². The van der Waals surface area contributed by atoms with E-state index < -0.39 is 6.10 Å². The maximum atomic E-state index is 9.55. The molecule has 6 nitrogen and oxygen atoms in total. The highest BCUT2D eigenvalue weighted by Gasteiger charge is 2.16. The number of aliphatic hydroxyl groups excluding tert-OH is 2. The van der Waals surface area contributed by atoms with E-state index in [1.807, 2.05) is 31.2 Å². The second kappa shape index (κ2) is 5.92. The summed E-state index contributed by atoms with van der Waals surface area (Å²) in [6, 6.07) is 7.92. The molecule has 0 aliphatic heterocycles. The summed E-state index contributed by atoms with van der Waals surface area (Å²) in [5, 5.41) is 26.5.